The van der Waals surface area contributed by atoms with Crippen molar-refractivity contribution in [1.82, 2.24) is 18.5 Å². The quantitative estimate of drug-likeness (QED) is 0.211. The van der Waals surface area contributed by atoms with Gasteiger partial charge in [0.15, 0.2) is 0 Å². The molecule has 0 aliphatic rings. The summed E-state index contributed by atoms with van der Waals surface area (Å²) in [5.41, 5.74) is 10.1. The van der Waals surface area contributed by atoms with E-state index in [1.54, 1.807) is 0 Å². The molecule has 0 saturated heterocycles. The summed E-state index contributed by atoms with van der Waals surface area (Å²) in [6, 6.07) is 50.0. The second-order valence-electron chi connectivity index (χ2n) is 11.3. The molecule has 4 heterocycles. The van der Waals surface area contributed by atoms with Crippen LogP contribution in [0.2, 0.25) is 0 Å². The highest BCUT2D eigenvalue weighted by Crippen LogP contribution is 2.37. The lowest BCUT2D eigenvalue weighted by Gasteiger charge is -2.13. The van der Waals surface area contributed by atoms with Gasteiger partial charge in [-0.2, -0.15) is 0 Å². The van der Waals surface area contributed by atoms with Gasteiger partial charge in [0.1, 0.15) is 5.65 Å². The molecule has 200 valence electrons. The van der Waals surface area contributed by atoms with Crippen LogP contribution in [0, 0.1) is 0 Å². The second kappa shape index (κ2) is 8.34. The van der Waals surface area contributed by atoms with Gasteiger partial charge in [-0.05, 0) is 42.5 Å². The number of fused-ring (bicyclic) bond motifs is 11. The first-order valence-electron chi connectivity index (χ1n) is 14.7. The molecule has 0 fully saturated rings. The Morgan fingerprint density at radius 3 is 1.42 bits per heavy atom. The molecule has 0 N–H and O–H groups in total. The van der Waals surface area contributed by atoms with E-state index in [4.69, 9.17) is 4.98 Å². The highest BCUT2D eigenvalue weighted by atomic mass is 15.1. The lowest BCUT2D eigenvalue weighted by Crippen LogP contribution is -1.99. The standard InChI is InChI=1S/C39H24N4/c1-2-16-31-30(15-1)38(43-35-19-9-5-13-28(35)29-14-6-10-20-36(29)43)24-41-37-23-25(21-22-32(37)40-39(31)41)42-33-17-7-3-11-26(33)27-12-4-8-18-34(27)42/h1-24H. The highest BCUT2D eigenvalue weighted by Gasteiger charge is 2.18. The Labute approximate surface area is 246 Å². The Kier molecular flexibility index (Phi) is 4.42. The zero-order valence-corrected chi connectivity index (χ0v) is 23.1. The summed E-state index contributed by atoms with van der Waals surface area (Å²) >= 11 is 0. The maximum atomic E-state index is 5.18. The number of hydrogen-bond acceptors (Lipinski definition) is 1. The summed E-state index contributed by atoms with van der Waals surface area (Å²) in [7, 11) is 0. The van der Waals surface area contributed by atoms with Crippen LogP contribution in [0.4, 0.5) is 0 Å². The number of pyridine rings is 1. The predicted molar refractivity (Wildman–Crippen MR) is 179 cm³/mol. The average Bonchev–Trinajstić information content (AvgIpc) is 3.72. The molecule has 0 aliphatic heterocycles. The van der Waals surface area contributed by atoms with Gasteiger partial charge in [-0.1, -0.05) is 97.1 Å². The molecule has 4 aromatic heterocycles. The van der Waals surface area contributed by atoms with Crippen molar-refractivity contribution in [3.8, 4) is 11.4 Å². The molecular weight excluding hydrogens is 524 g/mol. The molecule has 4 nitrogen and oxygen atoms in total. The fourth-order valence-electron chi connectivity index (χ4n) is 7.20. The molecule has 43 heavy (non-hydrogen) atoms. The Balaban J connectivity index is 1.33. The maximum Gasteiger partial charge on any atom is 0.145 e. The third-order valence-electron chi connectivity index (χ3n) is 9.03. The van der Waals surface area contributed by atoms with Crippen LogP contribution in [-0.4, -0.2) is 18.5 Å². The van der Waals surface area contributed by atoms with Crippen LogP contribution in [0.5, 0.6) is 0 Å². The van der Waals surface area contributed by atoms with E-state index >= 15 is 0 Å². The van der Waals surface area contributed by atoms with Crippen LogP contribution in [0.15, 0.2) is 146 Å². The van der Waals surface area contributed by atoms with E-state index < -0.39 is 0 Å². The van der Waals surface area contributed by atoms with E-state index in [0.29, 0.717) is 0 Å². The van der Waals surface area contributed by atoms with Crippen molar-refractivity contribution in [2.24, 2.45) is 0 Å². The number of hydrogen-bond donors (Lipinski definition) is 0. The van der Waals surface area contributed by atoms with Crippen molar-refractivity contribution in [3.05, 3.63) is 146 Å². The van der Waals surface area contributed by atoms with Crippen molar-refractivity contribution >= 4 is 71.1 Å². The highest BCUT2D eigenvalue weighted by molar-refractivity contribution is 6.12. The lowest BCUT2D eigenvalue weighted by molar-refractivity contribution is 1.13. The molecule has 0 amide bonds. The summed E-state index contributed by atoms with van der Waals surface area (Å²) < 4.78 is 7.07. The van der Waals surface area contributed by atoms with Crippen LogP contribution in [0.25, 0.3) is 82.4 Å². The number of benzene rings is 6. The molecule has 0 atom stereocenters. The minimum atomic E-state index is 0.967. The van der Waals surface area contributed by atoms with E-state index in [1.165, 1.54) is 49.0 Å². The van der Waals surface area contributed by atoms with E-state index in [-0.39, 0.29) is 0 Å². The molecule has 4 heteroatoms. The van der Waals surface area contributed by atoms with Gasteiger partial charge in [0.2, 0.25) is 0 Å². The van der Waals surface area contributed by atoms with Gasteiger partial charge >= 0.3 is 0 Å². The lowest BCUT2D eigenvalue weighted by atomic mass is 10.1. The van der Waals surface area contributed by atoms with E-state index in [1.807, 2.05) is 0 Å². The Morgan fingerprint density at radius 1 is 0.395 bits per heavy atom. The van der Waals surface area contributed by atoms with Crippen LogP contribution >= 0.6 is 0 Å². The second-order valence-corrected chi connectivity index (χ2v) is 11.3. The van der Waals surface area contributed by atoms with Crippen molar-refractivity contribution in [2.45, 2.75) is 0 Å². The van der Waals surface area contributed by atoms with E-state index in [0.717, 1.165) is 33.4 Å². The maximum absolute atomic E-state index is 5.18. The Hall–Kier alpha value is -5.87. The minimum Gasteiger partial charge on any atom is -0.309 e. The third kappa shape index (κ3) is 3.02. The van der Waals surface area contributed by atoms with Crippen LogP contribution < -0.4 is 0 Å². The Bertz CT molecular complexity index is 2630. The van der Waals surface area contributed by atoms with Crippen molar-refractivity contribution in [2.75, 3.05) is 0 Å². The number of rotatable bonds is 2. The number of nitrogens with zero attached hydrogens (tertiary/aromatic N) is 4. The molecule has 0 unspecified atom stereocenters. The third-order valence-corrected chi connectivity index (χ3v) is 9.03. The number of aromatic nitrogens is 4. The number of imidazole rings is 1. The molecule has 0 aliphatic carbocycles. The van der Waals surface area contributed by atoms with E-state index in [9.17, 15) is 0 Å². The van der Waals surface area contributed by atoms with Gasteiger partial charge in [-0.15, -0.1) is 0 Å². The summed E-state index contributed by atoms with van der Waals surface area (Å²) in [5.74, 6) is 0. The topological polar surface area (TPSA) is 27.2 Å². The summed E-state index contributed by atoms with van der Waals surface area (Å²) in [4.78, 5) is 5.18. The van der Waals surface area contributed by atoms with Crippen molar-refractivity contribution < 1.29 is 0 Å². The molecule has 6 aromatic carbocycles. The fourth-order valence-corrected chi connectivity index (χ4v) is 7.20. The molecule has 10 rings (SSSR count). The molecular formula is C39H24N4. The van der Waals surface area contributed by atoms with Gasteiger partial charge in [0, 0.05) is 44.2 Å². The average molecular weight is 549 g/mol. The zero-order chi connectivity index (χ0) is 28.1. The van der Waals surface area contributed by atoms with Gasteiger partial charge in [0.25, 0.3) is 0 Å². The SMILES string of the molecule is c1ccc2c(c1)c(-n1c3ccccc3c3ccccc31)cn1c3cc(-n4c5ccccc5c5ccccc54)ccc3nc21. The summed E-state index contributed by atoms with van der Waals surface area (Å²) in [5, 5.41) is 7.35. The van der Waals surface area contributed by atoms with Gasteiger partial charge in [-0.3, -0.25) is 4.40 Å². The minimum absolute atomic E-state index is 0.967. The van der Waals surface area contributed by atoms with Gasteiger partial charge in [-0.25, -0.2) is 4.98 Å². The first-order chi connectivity index (χ1) is 21.3. The zero-order valence-electron chi connectivity index (χ0n) is 23.1. The first kappa shape index (κ1) is 22.8. The van der Waals surface area contributed by atoms with Crippen molar-refractivity contribution in [1.29, 1.82) is 0 Å². The fraction of sp³-hybridized carbons (Fsp3) is 0. The smallest absolute Gasteiger partial charge is 0.145 e. The summed E-state index contributed by atoms with van der Waals surface area (Å²) in [6.07, 6.45) is 2.28. The van der Waals surface area contributed by atoms with Crippen LogP contribution in [-0.2, 0) is 0 Å². The molecule has 0 radical (unpaired) electrons. The predicted octanol–water partition coefficient (Wildman–Crippen LogP) is 9.83. The van der Waals surface area contributed by atoms with Gasteiger partial charge < -0.3 is 9.13 Å². The molecule has 10 aromatic rings. The monoisotopic (exact) mass is 548 g/mol. The summed E-state index contributed by atoms with van der Waals surface area (Å²) in [6.45, 7) is 0. The van der Waals surface area contributed by atoms with Crippen molar-refractivity contribution in [3.63, 3.8) is 0 Å². The Morgan fingerprint density at radius 2 is 0.860 bits per heavy atom. The normalized spacial score (nSPS) is 12.2. The van der Waals surface area contributed by atoms with Crippen LogP contribution in [0.3, 0.4) is 0 Å². The molecule has 0 saturated carbocycles. The largest absolute Gasteiger partial charge is 0.309 e. The first-order valence-corrected chi connectivity index (χ1v) is 14.7. The van der Waals surface area contributed by atoms with Gasteiger partial charge in [0.05, 0.1) is 38.8 Å². The molecule has 0 bridgehead atoms. The molecule has 0 spiro atoms. The van der Waals surface area contributed by atoms with E-state index in [2.05, 4.69) is 159 Å². The number of para-hydroxylation sites is 4. The van der Waals surface area contributed by atoms with Crippen LogP contribution in [0.1, 0.15) is 0 Å².